The molecule has 19 nitrogen and oxygen atoms in total. The van der Waals surface area contributed by atoms with Crippen molar-refractivity contribution < 1.29 is 89.4 Å². The Balaban J connectivity index is 1.29. The van der Waals surface area contributed by atoms with Crippen molar-refractivity contribution >= 4 is 5.91 Å². The van der Waals surface area contributed by atoms with Gasteiger partial charge in [0.05, 0.1) is 38.6 Å². The van der Waals surface area contributed by atoms with Gasteiger partial charge in [-0.2, -0.15) is 0 Å². The van der Waals surface area contributed by atoms with E-state index in [2.05, 4.69) is 43.5 Å². The van der Waals surface area contributed by atoms with Crippen LogP contribution in [-0.2, 0) is 33.2 Å². The highest BCUT2D eigenvalue weighted by Gasteiger charge is 2.54. The summed E-state index contributed by atoms with van der Waals surface area (Å²) < 4.78 is 34.4. The van der Waals surface area contributed by atoms with Crippen LogP contribution in [0.4, 0.5) is 0 Å². The van der Waals surface area contributed by atoms with E-state index in [0.29, 0.717) is 12.8 Å². The van der Waals surface area contributed by atoms with Crippen LogP contribution >= 0.6 is 0 Å². The van der Waals surface area contributed by atoms with Crippen LogP contribution in [0.5, 0.6) is 0 Å². The average Bonchev–Trinajstić information content (AvgIpc) is 0.784. The monoisotopic (exact) mass is 1410 g/mol. The fourth-order valence-electron chi connectivity index (χ4n) is 13.9. The van der Waals surface area contributed by atoms with Crippen LogP contribution in [0.1, 0.15) is 335 Å². The van der Waals surface area contributed by atoms with Gasteiger partial charge in [0.15, 0.2) is 18.9 Å². The molecular formula is C80H149NO18. The van der Waals surface area contributed by atoms with Gasteiger partial charge >= 0.3 is 0 Å². The minimum atomic E-state index is -1.98. The van der Waals surface area contributed by atoms with E-state index in [1.807, 2.05) is 6.08 Å². The lowest BCUT2D eigenvalue weighted by molar-refractivity contribution is -0.379. The third-order valence-electron chi connectivity index (χ3n) is 20.4. The molecule has 99 heavy (non-hydrogen) atoms. The minimum Gasteiger partial charge on any atom is -0.394 e. The molecule has 12 N–H and O–H groups in total. The van der Waals surface area contributed by atoms with Gasteiger partial charge in [-0.05, 0) is 44.9 Å². The summed E-state index contributed by atoms with van der Waals surface area (Å²) in [7, 11) is 0. The van der Waals surface area contributed by atoms with Gasteiger partial charge in [-0.3, -0.25) is 4.79 Å². The lowest BCUT2D eigenvalue weighted by Gasteiger charge is -2.48. The summed E-state index contributed by atoms with van der Waals surface area (Å²) in [5.74, 6) is -0.284. The second kappa shape index (κ2) is 61.2. The number of unbranched alkanes of at least 4 members (excludes halogenated alkanes) is 45. The van der Waals surface area contributed by atoms with E-state index in [4.69, 9.17) is 28.4 Å². The number of aliphatic hydroxyl groups excluding tert-OH is 11. The number of ether oxygens (including phenoxy) is 6. The zero-order chi connectivity index (χ0) is 71.8. The van der Waals surface area contributed by atoms with Crippen LogP contribution < -0.4 is 5.32 Å². The van der Waals surface area contributed by atoms with Crippen molar-refractivity contribution in [2.24, 2.45) is 0 Å². The molecule has 3 fully saturated rings. The molecule has 0 saturated carbocycles. The van der Waals surface area contributed by atoms with Gasteiger partial charge in [0, 0.05) is 6.42 Å². The molecule has 0 bridgehead atoms. The second-order valence-corrected chi connectivity index (χ2v) is 29.2. The van der Waals surface area contributed by atoms with Gasteiger partial charge in [0.25, 0.3) is 0 Å². The van der Waals surface area contributed by atoms with E-state index in [1.165, 1.54) is 257 Å². The summed E-state index contributed by atoms with van der Waals surface area (Å²) in [6, 6.07) is -0.995. The summed E-state index contributed by atoms with van der Waals surface area (Å²) in [6.45, 7) is 1.73. The summed E-state index contributed by atoms with van der Waals surface area (Å²) in [6.07, 6.45) is 49.0. The predicted molar refractivity (Wildman–Crippen MR) is 393 cm³/mol. The maximum Gasteiger partial charge on any atom is 0.220 e. The van der Waals surface area contributed by atoms with Crippen LogP contribution in [0.3, 0.4) is 0 Å². The van der Waals surface area contributed by atoms with E-state index >= 15 is 0 Å². The molecule has 17 unspecified atom stereocenters. The first-order valence-corrected chi connectivity index (χ1v) is 40.7. The summed E-state index contributed by atoms with van der Waals surface area (Å²) >= 11 is 0. The molecule has 3 aliphatic heterocycles. The van der Waals surface area contributed by atoms with Crippen molar-refractivity contribution in [3.05, 3.63) is 36.5 Å². The van der Waals surface area contributed by atoms with Gasteiger partial charge in [-0.25, -0.2) is 0 Å². The Hall–Kier alpha value is -1.99. The number of hydrogen-bond acceptors (Lipinski definition) is 18. The van der Waals surface area contributed by atoms with E-state index in [0.717, 1.165) is 44.9 Å². The van der Waals surface area contributed by atoms with Gasteiger partial charge in [-0.15, -0.1) is 0 Å². The molecule has 0 aromatic rings. The van der Waals surface area contributed by atoms with E-state index in [9.17, 15) is 61.0 Å². The number of amides is 1. The van der Waals surface area contributed by atoms with Crippen molar-refractivity contribution in [3.8, 4) is 0 Å². The molecule has 1 amide bonds. The van der Waals surface area contributed by atoms with E-state index in [1.54, 1.807) is 6.08 Å². The van der Waals surface area contributed by atoms with Crippen LogP contribution in [0.15, 0.2) is 36.5 Å². The van der Waals surface area contributed by atoms with Crippen molar-refractivity contribution in [2.75, 3.05) is 26.4 Å². The first-order valence-electron chi connectivity index (χ1n) is 40.7. The maximum atomic E-state index is 13.4. The van der Waals surface area contributed by atoms with Crippen LogP contribution in [-0.4, -0.2) is 193 Å². The number of allylic oxidation sites excluding steroid dienone is 5. The SMILES string of the molecule is CCCCCCC/C=C/CC/C=C/CC/C=C/C(O)C(COC1OC(CO)C(OC2OC(CO)C(OC3OC(CO)C(O)C(O)C3O)C(O)C2O)C(O)C1O)NC(=O)CCCCCCCCCCCCCCCCCCCCCCCCCCCCCCCCCCCCCCCCC. The number of nitrogens with one attached hydrogen (secondary N) is 1. The standard InChI is InChI=1S/C80H149NO18/c1-3-5-7-9-11-13-15-17-19-20-21-22-23-24-25-26-27-28-29-30-31-32-33-34-35-36-37-38-39-40-41-42-44-46-48-50-52-54-56-58-68(86)81-63(64(85)57-55-53-51-49-47-45-43-18-16-14-12-10-8-6-4-2)62-94-78-74(92)71(89)76(66(60-83)96-78)99-80-75(93)72(90)77(67(61-84)97-80)98-79-73(91)70(88)69(87)65(59-82)95-79/h16,18,47,49,55,57,63-67,69-80,82-85,87-93H,3-15,17,19-46,48,50-54,56,58-62H2,1-2H3,(H,81,86)/b18-16+,49-47+,57-55+. The largest absolute Gasteiger partial charge is 0.394 e. The second-order valence-electron chi connectivity index (χ2n) is 29.2. The molecule has 0 aliphatic carbocycles. The first kappa shape index (κ1) is 91.2. The smallest absolute Gasteiger partial charge is 0.220 e. The van der Waals surface area contributed by atoms with Gasteiger partial charge in [0.1, 0.15) is 73.2 Å². The number of aliphatic hydroxyl groups is 11. The molecule has 19 heteroatoms. The highest BCUT2D eigenvalue weighted by Crippen LogP contribution is 2.33. The third kappa shape index (κ3) is 41.5. The van der Waals surface area contributed by atoms with Crippen LogP contribution in [0, 0.1) is 0 Å². The molecule has 3 aliphatic rings. The van der Waals surface area contributed by atoms with Crippen molar-refractivity contribution in [3.63, 3.8) is 0 Å². The van der Waals surface area contributed by atoms with Crippen LogP contribution in [0.2, 0.25) is 0 Å². The normalized spacial score (nSPS) is 26.7. The predicted octanol–water partition coefficient (Wildman–Crippen LogP) is 13.5. The Labute approximate surface area is 600 Å². The quantitative estimate of drug-likeness (QED) is 0.0199. The fraction of sp³-hybridized carbons (Fsp3) is 0.912. The molecule has 582 valence electrons. The van der Waals surface area contributed by atoms with Gasteiger partial charge in [0.2, 0.25) is 5.91 Å². The van der Waals surface area contributed by atoms with Crippen LogP contribution in [0.25, 0.3) is 0 Å². The molecule has 0 aromatic carbocycles. The van der Waals surface area contributed by atoms with Gasteiger partial charge in [-0.1, -0.05) is 320 Å². The van der Waals surface area contributed by atoms with Crippen molar-refractivity contribution in [1.29, 1.82) is 0 Å². The summed E-state index contributed by atoms with van der Waals surface area (Å²) in [5.41, 5.74) is 0. The molecular weight excluding hydrogens is 1260 g/mol. The average molecular weight is 1410 g/mol. The molecule has 0 aromatic heterocycles. The topological polar surface area (TPSA) is 307 Å². The number of hydrogen-bond donors (Lipinski definition) is 12. The molecule has 0 radical (unpaired) electrons. The van der Waals surface area contributed by atoms with Crippen molar-refractivity contribution in [1.82, 2.24) is 5.32 Å². The Morgan fingerprint density at radius 1 is 0.354 bits per heavy atom. The summed E-state index contributed by atoms with van der Waals surface area (Å²) in [4.78, 5) is 13.4. The lowest BCUT2D eigenvalue weighted by Crippen LogP contribution is -2.66. The van der Waals surface area contributed by atoms with Gasteiger partial charge < -0.3 is 89.9 Å². The number of carbonyl (C=O) groups is 1. The number of carbonyl (C=O) groups excluding carboxylic acids is 1. The highest BCUT2D eigenvalue weighted by atomic mass is 16.8. The molecule has 17 atom stereocenters. The fourth-order valence-corrected chi connectivity index (χ4v) is 13.9. The maximum absolute atomic E-state index is 13.4. The molecule has 3 saturated heterocycles. The Morgan fingerprint density at radius 3 is 1.01 bits per heavy atom. The lowest BCUT2D eigenvalue weighted by atomic mass is 9.96. The van der Waals surface area contributed by atoms with Crippen molar-refractivity contribution in [2.45, 2.75) is 439 Å². The minimum absolute atomic E-state index is 0.236. The Kier molecular flexibility index (Phi) is 56.4. The molecule has 3 rings (SSSR count). The van der Waals surface area contributed by atoms with E-state index in [-0.39, 0.29) is 18.9 Å². The Bertz CT molecular complexity index is 1930. The Morgan fingerprint density at radius 2 is 0.646 bits per heavy atom. The summed E-state index contributed by atoms with van der Waals surface area (Å²) in [5, 5.41) is 121. The highest BCUT2D eigenvalue weighted by molar-refractivity contribution is 5.76. The zero-order valence-corrected chi connectivity index (χ0v) is 62.2. The molecule has 3 heterocycles. The first-order chi connectivity index (χ1) is 48.3. The van der Waals surface area contributed by atoms with E-state index < -0.39 is 124 Å². The third-order valence-corrected chi connectivity index (χ3v) is 20.4. The number of rotatable bonds is 65. The zero-order valence-electron chi connectivity index (χ0n) is 62.2. The molecule has 0 spiro atoms.